The predicted molar refractivity (Wildman–Crippen MR) is 106 cm³/mol. The highest BCUT2D eigenvalue weighted by Crippen LogP contribution is 2.27. The molecule has 0 bridgehead atoms. The Kier molecular flexibility index (Phi) is 5.78. The number of hydrogen-bond acceptors (Lipinski definition) is 2. The topological polar surface area (TPSA) is 41.5 Å². The van der Waals surface area contributed by atoms with Crippen LogP contribution in [0.25, 0.3) is 21.5 Å². The maximum absolute atomic E-state index is 11.9. The summed E-state index contributed by atoms with van der Waals surface area (Å²) in [4.78, 5) is 11.9. The fourth-order valence-electron chi connectivity index (χ4n) is 3.13. The number of hydrazone groups is 1. The van der Waals surface area contributed by atoms with Crippen molar-refractivity contribution in [2.45, 2.75) is 39.0 Å². The third kappa shape index (κ3) is 4.24. The Bertz CT molecular complexity index is 845. The molecule has 0 radical (unpaired) electrons. The molecule has 3 rings (SSSR count). The van der Waals surface area contributed by atoms with Crippen molar-refractivity contribution in [1.82, 2.24) is 5.43 Å². The molecule has 0 spiro atoms. The zero-order valence-corrected chi connectivity index (χ0v) is 14.7. The van der Waals surface area contributed by atoms with Crippen molar-refractivity contribution < 1.29 is 4.79 Å². The van der Waals surface area contributed by atoms with Gasteiger partial charge in [0.25, 0.3) is 0 Å². The molecule has 0 saturated heterocycles. The molecule has 3 nitrogen and oxygen atoms in total. The van der Waals surface area contributed by atoms with Crippen molar-refractivity contribution in [3.8, 4) is 0 Å². The van der Waals surface area contributed by atoms with E-state index < -0.39 is 0 Å². The number of unbranched alkanes of at least 4 members (excludes halogenated alkanes) is 3. The monoisotopic (exact) mass is 332 g/mol. The Hall–Kier alpha value is -2.68. The fraction of sp³-hybridized carbons (Fsp3) is 0.273. The maximum atomic E-state index is 11.9. The molecule has 1 N–H and O–H groups in total. The molecule has 0 aliphatic heterocycles. The Labute approximate surface area is 148 Å². The smallest absolute Gasteiger partial charge is 0.240 e. The number of carbonyl (C=O) groups excluding carboxylic acids is 1. The van der Waals surface area contributed by atoms with Crippen LogP contribution in [0.15, 0.2) is 59.7 Å². The molecule has 0 fully saturated rings. The lowest BCUT2D eigenvalue weighted by Crippen LogP contribution is -2.16. The first kappa shape index (κ1) is 17.2. The lowest BCUT2D eigenvalue weighted by Gasteiger charge is -2.08. The number of carbonyl (C=O) groups is 1. The molecule has 0 atom stereocenters. The van der Waals surface area contributed by atoms with Crippen molar-refractivity contribution in [3.63, 3.8) is 0 Å². The van der Waals surface area contributed by atoms with Gasteiger partial charge in [0, 0.05) is 12.0 Å². The first-order valence-electron chi connectivity index (χ1n) is 9.02. The highest BCUT2D eigenvalue weighted by molar-refractivity contribution is 6.13. The van der Waals surface area contributed by atoms with Crippen LogP contribution in [0.1, 0.15) is 44.6 Å². The zero-order valence-electron chi connectivity index (χ0n) is 14.7. The van der Waals surface area contributed by atoms with Crippen LogP contribution in [0.5, 0.6) is 0 Å². The third-order valence-corrected chi connectivity index (χ3v) is 4.45. The Morgan fingerprint density at radius 2 is 1.60 bits per heavy atom. The van der Waals surface area contributed by atoms with Crippen molar-refractivity contribution in [1.29, 1.82) is 0 Å². The highest BCUT2D eigenvalue weighted by Gasteiger charge is 2.05. The summed E-state index contributed by atoms with van der Waals surface area (Å²) < 4.78 is 0. The number of nitrogens with one attached hydrogen (secondary N) is 1. The van der Waals surface area contributed by atoms with E-state index in [0.717, 1.165) is 29.2 Å². The molecule has 3 heteroatoms. The molecule has 0 unspecified atom stereocenters. The van der Waals surface area contributed by atoms with E-state index in [0.29, 0.717) is 6.42 Å². The predicted octanol–water partition coefficient (Wildman–Crippen LogP) is 5.41. The lowest BCUT2D eigenvalue weighted by molar-refractivity contribution is -0.121. The first-order chi connectivity index (χ1) is 12.3. The number of hydrogen-bond donors (Lipinski definition) is 1. The standard InChI is InChI=1S/C22H24N2O/c1-2-3-4-5-14-22(25)24-23-16-21-19-12-8-6-10-17(19)15-18-11-7-9-13-20(18)21/h6-13,15-16H,2-5,14H2,1H3,(H,24,25)/b23-16+. The molecule has 0 heterocycles. The zero-order chi connectivity index (χ0) is 17.5. The second-order valence-electron chi connectivity index (χ2n) is 6.34. The minimum atomic E-state index is -0.0168. The molecule has 1 amide bonds. The SMILES string of the molecule is CCCCCCC(=O)N/N=C/c1c2ccccc2cc2ccccc12. The largest absolute Gasteiger partial charge is 0.273 e. The van der Waals surface area contributed by atoms with E-state index in [1.165, 1.54) is 23.6 Å². The summed E-state index contributed by atoms with van der Waals surface area (Å²) in [6.45, 7) is 2.17. The van der Waals surface area contributed by atoms with Crippen LogP contribution in [0, 0.1) is 0 Å². The lowest BCUT2D eigenvalue weighted by atomic mass is 9.97. The van der Waals surface area contributed by atoms with Crippen LogP contribution in [0.4, 0.5) is 0 Å². The van der Waals surface area contributed by atoms with Crippen LogP contribution in [-0.2, 0) is 4.79 Å². The number of nitrogens with zero attached hydrogens (tertiary/aromatic N) is 1. The number of amides is 1. The minimum Gasteiger partial charge on any atom is -0.273 e. The van der Waals surface area contributed by atoms with Gasteiger partial charge in [-0.1, -0.05) is 74.7 Å². The van der Waals surface area contributed by atoms with Crippen molar-refractivity contribution >= 4 is 33.7 Å². The second-order valence-corrected chi connectivity index (χ2v) is 6.34. The van der Waals surface area contributed by atoms with E-state index in [4.69, 9.17) is 0 Å². The van der Waals surface area contributed by atoms with E-state index in [-0.39, 0.29) is 5.91 Å². The van der Waals surface area contributed by atoms with Gasteiger partial charge in [0.15, 0.2) is 0 Å². The van der Waals surface area contributed by atoms with E-state index in [1.807, 2.05) is 24.3 Å². The van der Waals surface area contributed by atoms with E-state index >= 15 is 0 Å². The highest BCUT2D eigenvalue weighted by atomic mass is 16.2. The molecule has 3 aromatic rings. The van der Waals surface area contributed by atoms with E-state index in [9.17, 15) is 4.79 Å². The molecule has 0 aliphatic carbocycles. The summed E-state index contributed by atoms with van der Waals surface area (Å²) >= 11 is 0. The molecule has 25 heavy (non-hydrogen) atoms. The molecule has 128 valence electrons. The molecule has 0 saturated carbocycles. The summed E-state index contributed by atoms with van der Waals surface area (Å²) in [6, 6.07) is 18.7. The normalized spacial score (nSPS) is 11.4. The summed E-state index contributed by atoms with van der Waals surface area (Å²) in [5.74, 6) is -0.0168. The van der Waals surface area contributed by atoms with Crippen molar-refractivity contribution in [2.24, 2.45) is 5.10 Å². The second kappa shape index (κ2) is 8.43. The van der Waals surface area contributed by atoms with Gasteiger partial charge in [-0.25, -0.2) is 5.43 Å². The fourth-order valence-corrected chi connectivity index (χ4v) is 3.13. The quantitative estimate of drug-likeness (QED) is 0.267. The number of rotatable bonds is 7. The molecule has 0 aliphatic rings. The van der Waals surface area contributed by atoms with Gasteiger partial charge in [-0.2, -0.15) is 5.10 Å². The minimum absolute atomic E-state index is 0.0168. The van der Waals surface area contributed by atoms with Crippen LogP contribution < -0.4 is 5.43 Å². The third-order valence-electron chi connectivity index (χ3n) is 4.45. The van der Waals surface area contributed by atoms with Gasteiger partial charge in [-0.3, -0.25) is 4.79 Å². The molecular weight excluding hydrogens is 308 g/mol. The van der Waals surface area contributed by atoms with E-state index in [1.54, 1.807) is 6.21 Å². The van der Waals surface area contributed by atoms with Crippen molar-refractivity contribution in [3.05, 3.63) is 60.2 Å². The molecular formula is C22H24N2O. The van der Waals surface area contributed by atoms with Crippen LogP contribution in [0.3, 0.4) is 0 Å². The summed E-state index contributed by atoms with van der Waals surface area (Å²) in [6.07, 6.45) is 6.68. The molecule has 3 aromatic carbocycles. The Balaban J connectivity index is 1.81. The van der Waals surface area contributed by atoms with Gasteiger partial charge in [-0.05, 0) is 34.0 Å². The van der Waals surface area contributed by atoms with Crippen LogP contribution >= 0.6 is 0 Å². The average Bonchev–Trinajstić information content (AvgIpc) is 2.64. The van der Waals surface area contributed by atoms with Gasteiger partial charge in [0.2, 0.25) is 5.91 Å². The first-order valence-corrected chi connectivity index (χ1v) is 9.02. The number of benzene rings is 3. The number of fused-ring (bicyclic) bond motifs is 2. The average molecular weight is 332 g/mol. The summed E-state index contributed by atoms with van der Waals surface area (Å²) in [7, 11) is 0. The molecule has 0 aromatic heterocycles. The Morgan fingerprint density at radius 3 is 2.24 bits per heavy atom. The van der Waals surface area contributed by atoms with Crippen LogP contribution in [0.2, 0.25) is 0 Å². The van der Waals surface area contributed by atoms with Crippen molar-refractivity contribution in [2.75, 3.05) is 0 Å². The van der Waals surface area contributed by atoms with Gasteiger partial charge >= 0.3 is 0 Å². The van der Waals surface area contributed by atoms with Crippen LogP contribution in [-0.4, -0.2) is 12.1 Å². The van der Waals surface area contributed by atoms with Gasteiger partial charge in [0.1, 0.15) is 0 Å². The summed E-state index contributed by atoms with van der Waals surface area (Å²) in [5, 5.41) is 8.85. The van der Waals surface area contributed by atoms with E-state index in [2.05, 4.69) is 47.8 Å². The van der Waals surface area contributed by atoms with Gasteiger partial charge in [0.05, 0.1) is 6.21 Å². The summed E-state index contributed by atoms with van der Waals surface area (Å²) in [5.41, 5.74) is 3.71. The maximum Gasteiger partial charge on any atom is 0.240 e. The van der Waals surface area contributed by atoms with Gasteiger partial charge < -0.3 is 0 Å². The Morgan fingerprint density at radius 1 is 0.960 bits per heavy atom. The van der Waals surface area contributed by atoms with Gasteiger partial charge in [-0.15, -0.1) is 0 Å².